The van der Waals surface area contributed by atoms with Crippen LogP contribution in [-0.4, -0.2) is 18.5 Å². The van der Waals surface area contributed by atoms with Crippen molar-refractivity contribution in [1.29, 1.82) is 0 Å². The van der Waals surface area contributed by atoms with Gasteiger partial charge in [0.1, 0.15) is 0 Å². The van der Waals surface area contributed by atoms with Gasteiger partial charge in [-0.25, -0.2) is 0 Å². The molecule has 0 aliphatic carbocycles. The Balaban J connectivity index is 1.80. The number of halogens is 1. The Labute approximate surface area is 153 Å². The van der Waals surface area contributed by atoms with Crippen LogP contribution in [0.1, 0.15) is 35.2 Å². The fourth-order valence-electron chi connectivity index (χ4n) is 2.37. The number of rotatable bonds is 6. The monoisotopic (exact) mass is 359 g/mol. The highest BCUT2D eigenvalue weighted by Gasteiger charge is 2.13. The van der Waals surface area contributed by atoms with Crippen molar-refractivity contribution in [3.05, 3.63) is 69.7 Å². The molecule has 2 aromatic carbocycles. The van der Waals surface area contributed by atoms with Gasteiger partial charge < -0.3 is 10.1 Å². The van der Waals surface area contributed by atoms with Crippen LogP contribution in [-0.2, 0) is 20.7 Å². The van der Waals surface area contributed by atoms with Crippen molar-refractivity contribution in [2.24, 2.45) is 0 Å². The molecule has 25 heavy (non-hydrogen) atoms. The average molecular weight is 360 g/mol. The van der Waals surface area contributed by atoms with Crippen molar-refractivity contribution >= 4 is 23.5 Å². The van der Waals surface area contributed by atoms with Crippen LogP contribution < -0.4 is 5.32 Å². The van der Waals surface area contributed by atoms with E-state index >= 15 is 0 Å². The van der Waals surface area contributed by atoms with Gasteiger partial charge in [0.2, 0.25) is 0 Å². The van der Waals surface area contributed by atoms with Crippen LogP contribution in [0.15, 0.2) is 42.5 Å². The summed E-state index contributed by atoms with van der Waals surface area (Å²) in [6.07, 6.45) is 0.108. The maximum absolute atomic E-state index is 12.0. The number of ether oxygens (including phenoxy) is 1. The minimum atomic E-state index is -0.448. The van der Waals surface area contributed by atoms with E-state index in [1.165, 1.54) is 11.1 Å². The SMILES string of the molecule is Cc1ccc([C@H](C)NC(=O)COC(=O)Cc2ccc(Cl)cc2)cc1C. The number of aryl methyl sites for hydroxylation is 2. The highest BCUT2D eigenvalue weighted by Crippen LogP contribution is 2.16. The highest BCUT2D eigenvalue weighted by molar-refractivity contribution is 6.30. The van der Waals surface area contributed by atoms with E-state index in [9.17, 15) is 9.59 Å². The largest absolute Gasteiger partial charge is 0.455 e. The molecule has 1 amide bonds. The van der Waals surface area contributed by atoms with Gasteiger partial charge in [0.25, 0.3) is 5.91 Å². The number of carbonyl (C=O) groups excluding carboxylic acids is 2. The van der Waals surface area contributed by atoms with Crippen molar-refractivity contribution in [2.45, 2.75) is 33.2 Å². The molecule has 1 N–H and O–H groups in total. The molecular formula is C20H22ClNO3. The number of benzene rings is 2. The van der Waals surface area contributed by atoms with E-state index < -0.39 is 5.97 Å². The molecule has 0 bridgehead atoms. The Morgan fingerprint density at radius 2 is 1.76 bits per heavy atom. The van der Waals surface area contributed by atoms with E-state index in [4.69, 9.17) is 16.3 Å². The van der Waals surface area contributed by atoms with Gasteiger partial charge in [0.15, 0.2) is 6.61 Å². The summed E-state index contributed by atoms with van der Waals surface area (Å²) in [7, 11) is 0. The van der Waals surface area contributed by atoms with Gasteiger partial charge in [-0.1, -0.05) is 41.9 Å². The Morgan fingerprint density at radius 1 is 1.08 bits per heavy atom. The molecule has 0 saturated carbocycles. The molecule has 0 aliphatic rings. The van der Waals surface area contributed by atoms with E-state index in [-0.39, 0.29) is 25.0 Å². The van der Waals surface area contributed by atoms with Crippen molar-refractivity contribution in [1.82, 2.24) is 5.32 Å². The molecular weight excluding hydrogens is 338 g/mol. The smallest absolute Gasteiger partial charge is 0.310 e. The first kappa shape index (κ1) is 19.0. The summed E-state index contributed by atoms with van der Waals surface area (Å²) in [4.78, 5) is 23.8. The second-order valence-electron chi connectivity index (χ2n) is 6.10. The summed E-state index contributed by atoms with van der Waals surface area (Å²) in [6, 6.07) is 12.8. The van der Waals surface area contributed by atoms with E-state index in [0.717, 1.165) is 11.1 Å². The summed E-state index contributed by atoms with van der Waals surface area (Å²) < 4.78 is 5.03. The average Bonchev–Trinajstić information content (AvgIpc) is 2.57. The molecule has 2 rings (SSSR count). The lowest BCUT2D eigenvalue weighted by molar-refractivity contribution is -0.148. The van der Waals surface area contributed by atoms with Gasteiger partial charge in [-0.3, -0.25) is 9.59 Å². The van der Waals surface area contributed by atoms with Crippen LogP contribution in [0.4, 0.5) is 0 Å². The number of hydrogen-bond acceptors (Lipinski definition) is 3. The van der Waals surface area contributed by atoms with E-state index in [2.05, 4.69) is 5.32 Å². The number of carbonyl (C=O) groups is 2. The first-order valence-electron chi connectivity index (χ1n) is 8.11. The van der Waals surface area contributed by atoms with Gasteiger partial charge in [-0.15, -0.1) is 0 Å². The molecule has 5 heteroatoms. The Bertz CT molecular complexity index is 756. The maximum atomic E-state index is 12.0. The summed E-state index contributed by atoms with van der Waals surface area (Å²) in [5.41, 5.74) is 4.19. The molecule has 0 saturated heterocycles. The number of amides is 1. The number of esters is 1. The molecule has 0 heterocycles. The van der Waals surface area contributed by atoms with Gasteiger partial charge in [-0.2, -0.15) is 0 Å². The third-order valence-corrected chi connectivity index (χ3v) is 4.29. The van der Waals surface area contributed by atoms with E-state index in [1.54, 1.807) is 24.3 Å². The van der Waals surface area contributed by atoms with Crippen molar-refractivity contribution in [2.75, 3.05) is 6.61 Å². The molecule has 1 atom stereocenters. The van der Waals surface area contributed by atoms with Crippen molar-refractivity contribution in [3.8, 4) is 0 Å². The second-order valence-corrected chi connectivity index (χ2v) is 6.53. The third kappa shape index (κ3) is 5.91. The first-order chi connectivity index (χ1) is 11.8. The predicted octanol–water partition coefficient (Wildman–Crippen LogP) is 3.92. The van der Waals surface area contributed by atoms with Crippen LogP contribution in [0.2, 0.25) is 5.02 Å². The quantitative estimate of drug-likeness (QED) is 0.795. The molecule has 0 aliphatic heterocycles. The molecule has 0 fully saturated rings. The van der Waals surface area contributed by atoms with Crippen LogP contribution in [0.25, 0.3) is 0 Å². The van der Waals surface area contributed by atoms with Crippen LogP contribution in [0.3, 0.4) is 0 Å². The zero-order valence-electron chi connectivity index (χ0n) is 14.6. The normalized spacial score (nSPS) is 11.7. The fraction of sp³-hybridized carbons (Fsp3) is 0.300. The minimum absolute atomic E-state index is 0.108. The van der Waals surface area contributed by atoms with Crippen molar-refractivity contribution < 1.29 is 14.3 Å². The summed E-state index contributed by atoms with van der Waals surface area (Å²) in [6.45, 7) is 5.69. The van der Waals surface area contributed by atoms with Crippen molar-refractivity contribution in [3.63, 3.8) is 0 Å². The third-order valence-electron chi connectivity index (χ3n) is 4.03. The highest BCUT2D eigenvalue weighted by atomic mass is 35.5. The van der Waals surface area contributed by atoms with Crippen LogP contribution in [0, 0.1) is 13.8 Å². The van der Waals surface area contributed by atoms with Crippen LogP contribution in [0.5, 0.6) is 0 Å². The Morgan fingerprint density at radius 3 is 2.40 bits per heavy atom. The molecule has 0 radical (unpaired) electrons. The van der Waals surface area contributed by atoms with Gasteiger partial charge >= 0.3 is 5.97 Å². The lowest BCUT2D eigenvalue weighted by Crippen LogP contribution is -2.31. The Hall–Kier alpha value is -2.33. The standard InChI is InChI=1S/C20H22ClNO3/c1-13-4-7-17(10-14(13)2)15(3)22-19(23)12-25-20(24)11-16-5-8-18(21)9-6-16/h4-10,15H,11-12H2,1-3H3,(H,22,23)/t15-/m0/s1. The lowest BCUT2D eigenvalue weighted by atomic mass is 10.0. The lowest BCUT2D eigenvalue weighted by Gasteiger charge is -2.15. The molecule has 0 aromatic heterocycles. The van der Waals surface area contributed by atoms with Gasteiger partial charge in [0, 0.05) is 5.02 Å². The molecule has 0 spiro atoms. The Kier molecular flexibility index (Phi) is 6.59. The topological polar surface area (TPSA) is 55.4 Å². The maximum Gasteiger partial charge on any atom is 0.310 e. The summed E-state index contributed by atoms with van der Waals surface area (Å²) >= 11 is 5.80. The molecule has 2 aromatic rings. The zero-order chi connectivity index (χ0) is 18.4. The van der Waals surface area contributed by atoms with E-state index in [1.807, 2.05) is 39.0 Å². The first-order valence-corrected chi connectivity index (χ1v) is 8.49. The molecule has 0 unspecified atom stereocenters. The summed E-state index contributed by atoms with van der Waals surface area (Å²) in [5.74, 6) is -0.772. The van der Waals surface area contributed by atoms with Crippen LogP contribution >= 0.6 is 11.6 Å². The van der Waals surface area contributed by atoms with Gasteiger partial charge in [-0.05, 0) is 55.2 Å². The second kappa shape index (κ2) is 8.67. The summed E-state index contributed by atoms with van der Waals surface area (Å²) in [5, 5.41) is 3.44. The van der Waals surface area contributed by atoms with E-state index in [0.29, 0.717) is 5.02 Å². The van der Waals surface area contributed by atoms with Gasteiger partial charge in [0.05, 0.1) is 12.5 Å². The molecule has 132 valence electrons. The minimum Gasteiger partial charge on any atom is -0.455 e. The number of nitrogens with one attached hydrogen (secondary N) is 1. The zero-order valence-corrected chi connectivity index (χ0v) is 15.4. The predicted molar refractivity (Wildman–Crippen MR) is 98.6 cm³/mol. The fourth-order valence-corrected chi connectivity index (χ4v) is 2.49. The number of hydrogen-bond donors (Lipinski definition) is 1. The molecule has 4 nitrogen and oxygen atoms in total.